The van der Waals surface area contributed by atoms with E-state index in [9.17, 15) is 0 Å². The molecule has 1 unspecified atom stereocenters. The second-order valence-electron chi connectivity index (χ2n) is 9.11. The van der Waals surface area contributed by atoms with Gasteiger partial charge < -0.3 is 0 Å². The lowest BCUT2D eigenvalue weighted by Gasteiger charge is -2.22. The summed E-state index contributed by atoms with van der Waals surface area (Å²) in [5.41, 5.74) is 10.8. The highest BCUT2D eigenvalue weighted by atomic mass is 14.2. The first-order valence-corrected chi connectivity index (χ1v) is 12.1. The Balaban J connectivity index is 0.000000149. The second-order valence-corrected chi connectivity index (χ2v) is 9.11. The predicted octanol–water partition coefficient (Wildman–Crippen LogP) is 8.66. The quantitative estimate of drug-likeness (QED) is 0.476. The maximum atomic E-state index is 2.36. The van der Waals surface area contributed by atoms with Crippen molar-refractivity contribution in [3.05, 3.63) is 112 Å². The van der Waals surface area contributed by atoms with E-state index in [0.29, 0.717) is 5.92 Å². The molecule has 0 bridgehead atoms. The minimum Gasteiger partial charge on any atom is -0.0841 e. The van der Waals surface area contributed by atoms with Gasteiger partial charge in [0.15, 0.2) is 0 Å². The Hall–Kier alpha value is -2.60. The molecule has 0 heteroatoms. The van der Waals surface area contributed by atoms with E-state index in [1.165, 1.54) is 61.7 Å². The average Bonchev–Trinajstić information content (AvgIpc) is 3.14. The van der Waals surface area contributed by atoms with Gasteiger partial charge in [0.1, 0.15) is 0 Å². The number of aryl methyl sites for hydroxylation is 1. The van der Waals surface area contributed by atoms with E-state index in [1.807, 2.05) is 0 Å². The second kappa shape index (κ2) is 10.6. The smallest absolute Gasteiger partial charge is 0.0000652 e. The standard InChI is InChI=1S/C16H18.C15H18/c1-3-13(2)16-10-9-15(12-16)11-14-7-5-4-6-8-14;1-2-6-12-10-11-13-7-4-5-9-15(13)14(12)8-3-1/h3-10,12,15H,11H2,1-2H3;4-5,7,9H,1-3,6,8,10-11H2/b13-3+;. The molecular formula is C31H36. The van der Waals surface area contributed by atoms with Crippen molar-refractivity contribution >= 4 is 5.57 Å². The maximum Gasteiger partial charge on any atom is -0.0000652 e. The van der Waals surface area contributed by atoms with Gasteiger partial charge in [0, 0.05) is 0 Å². The zero-order chi connectivity index (χ0) is 21.5. The monoisotopic (exact) mass is 408 g/mol. The van der Waals surface area contributed by atoms with Crippen LogP contribution in [-0.4, -0.2) is 0 Å². The third kappa shape index (κ3) is 5.56. The van der Waals surface area contributed by atoms with Gasteiger partial charge in [-0.3, -0.25) is 0 Å². The number of benzene rings is 2. The lowest BCUT2D eigenvalue weighted by molar-refractivity contribution is 0.703. The maximum absolute atomic E-state index is 2.36. The third-order valence-corrected chi connectivity index (χ3v) is 6.99. The van der Waals surface area contributed by atoms with E-state index in [2.05, 4.69) is 92.7 Å². The number of allylic oxidation sites excluding steroid dienone is 8. The van der Waals surface area contributed by atoms with Crippen molar-refractivity contribution in [1.29, 1.82) is 0 Å². The highest BCUT2D eigenvalue weighted by Crippen LogP contribution is 2.38. The zero-order valence-electron chi connectivity index (χ0n) is 19.2. The molecule has 0 saturated carbocycles. The molecule has 0 fully saturated rings. The Bertz CT molecular complexity index is 997. The van der Waals surface area contributed by atoms with Crippen molar-refractivity contribution < 1.29 is 0 Å². The van der Waals surface area contributed by atoms with Crippen LogP contribution in [0, 0.1) is 5.92 Å². The lowest BCUT2D eigenvalue weighted by Crippen LogP contribution is -2.04. The summed E-state index contributed by atoms with van der Waals surface area (Å²) in [6.07, 6.45) is 19.7. The van der Waals surface area contributed by atoms with Gasteiger partial charge in [0.25, 0.3) is 0 Å². The van der Waals surface area contributed by atoms with Crippen LogP contribution < -0.4 is 0 Å². The van der Waals surface area contributed by atoms with Crippen molar-refractivity contribution in [1.82, 2.24) is 0 Å². The Labute approximate surface area is 189 Å². The Kier molecular flexibility index (Phi) is 7.41. The molecule has 31 heavy (non-hydrogen) atoms. The molecule has 160 valence electrons. The molecule has 1 atom stereocenters. The van der Waals surface area contributed by atoms with Crippen LogP contribution in [-0.2, 0) is 12.8 Å². The molecule has 0 amide bonds. The fourth-order valence-corrected chi connectivity index (χ4v) is 5.08. The van der Waals surface area contributed by atoms with Gasteiger partial charge in [-0.05, 0) is 98.1 Å². The average molecular weight is 409 g/mol. The summed E-state index contributed by atoms with van der Waals surface area (Å²) in [5, 5.41) is 0. The Morgan fingerprint density at radius 1 is 0.871 bits per heavy atom. The number of fused-ring (bicyclic) bond motifs is 2. The first-order chi connectivity index (χ1) is 15.2. The fourth-order valence-electron chi connectivity index (χ4n) is 5.08. The van der Waals surface area contributed by atoms with E-state index >= 15 is 0 Å². The molecule has 0 aromatic heterocycles. The number of rotatable bonds is 3. The van der Waals surface area contributed by atoms with E-state index < -0.39 is 0 Å². The SMILES string of the molecule is C/C=C(\C)C1=CC(Cc2ccccc2)C=C1.c1ccc2c(c1)CCC1=C2CCCCC1. The highest BCUT2D eigenvalue weighted by molar-refractivity contribution is 5.73. The molecule has 0 radical (unpaired) electrons. The number of hydrogen-bond donors (Lipinski definition) is 0. The van der Waals surface area contributed by atoms with Gasteiger partial charge in [-0.25, -0.2) is 0 Å². The van der Waals surface area contributed by atoms with Crippen LogP contribution in [0.1, 0.15) is 69.1 Å². The molecule has 2 aromatic carbocycles. The summed E-state index contributed by atoms with van der Waals surface area (Å²) in [7, 11) is 0. The topological polar surface area (TPSA) is 0 Å². The predicted molar refractivity (Wildman–Crippen MR) is 135 cm³/mol. The van der Waals surface area contributed by atoms with Gasteiger partial charge in [-0.1, -0.05) is 90.9 Å². The molecular weight excluding hydrogens is 372 g/mol. The minimum atomic E-state index is 0.562. The van der Waals surface area contributed by atoms with Crippen molar-refractivity contribution in [2.24, 2.45) is 5.92 Å². The Morgan fingerprint density at radius 3 is 2.48 bits per heavy atom. The molecule has 5 rings (SSSR count). The number of hydrogen-bond acceptors (Lipinski definition) is 0. The summed E-state index contributed by atoms with van der Waals surface area (Å²) in [4.78, 5) is 0. The normalized spacial score (nSPS) is 20.3. The summed E-state index contributed by atoms with van der Waals surface area (Å²) in [5.74, 6) is 0.562. The van der Waals surface area contributed by atoms with E-state index in [1.54, 1.807) is 22.3 Å². The van der Waals surface area contributed by atoms with Gasteiger partial charge in [-0.2, -0.15) is 0 Å². The van der Waals surface area contributed by atoms with Crippen LogP contribution in [0.5, 0.6) is 0 Å². The van der Waals surface area contributed by atoms with Gasteiger partial charge in [0.2, 0.25) is 0 Å². The van der Waals surface area contributed by atoms with Crippen molar-refractivity contribution in [3.63, 3.8) is 0 Å². The van der Waals surface area contributed by atoms with Crippen molar-refractivity contribution in [2.45, 2.75) is 65.2 Å². The third-order valence-electron chi connectivity index (χ3n) is 6.99. The molecule has 0 saturated heterocycles. The van der Waals surface area contributed by atoms with Gasteiger partial charge >= 0.3 is 0 Å². The molecule has 0 N–H and O–H groups in total. The highest BCUT2D eigenvalue weighted by Gasteiger charge is 2.19. The molecule has 0 aliphatic heterocycles. The van der Waals surface area contributed by atoms with Crippen LogP contribution in [0.15, 0.2) is 95.6 Å². The summed E-state index contributed by atoms with van der Waals surface area (Å²) >= 11 is 0. The first kappa shape index (κ1) is 21.6. The Morgan fingerprint density at radius 2 is 1.65 bits per heavy atom. The zero-order valence-corrected chi connectivity index (χ0v) is 19.2. The molecule has 3 aliphatic rings. The largest absolute Gasteiger partial charge is 0.0841 e. The molecule has 0 heterocycles. The summed E-state index contributed by atoms with van der Waals surface area (Å²) in [6.45, 7) is 4.26. The van der Waals surface area contributed by atoms with Crippen LogP contribution in [0.2, 0.25) is 0 Å². The lowest BCUT2D eigenvalue weighted by atomic mass is 9.83. The minimum absolute atomic E-state index is 0.562. The van der Waals surface area contributed by atoms with Gasteiger partial charge in [0.05, 0.1) is 0 Å². The molecule has 0 spiro atoms. The fraction of sp³-hybridized carbons (Fsp3) is 0.355. The van der Waals surface area contributed by atoms with Crippen molar-refractivity contribution in [3.8, 4) is 0 Å². The van der Waals surface area contributed by atoms with Crippen LogP contribution in [0.25, 0.3) is 5.57 Å². The van der Waals surface area contributed by atoms with Gasteiger partial charge in [-0.15, -0.1) is 0 Å². The van der Waals surface area contributed by atoms with E-state index in [4.69, 9.17) is 0 Å². The molecule has 3 aliphatic carbocycles. The van der Waals surface area contributed by atoms with Crippen LogP contribution >= 0.6 is 0 Å². The summed E-state index contributed by atoms with van der Waals surface area (Å²) in [6, 6.07) is 19.7. The summed E-state index contributed by atoms with van der Waals surface area (Å²) < 4.78 is 0. The van der Waals surface area contributed by atoms with Crippen LogP contribution in [0.3, 0.4) is 0 Å². The van der Waals surface area contributed by atoms with Crippen LogP contribution in [0.4, 0.5) is 0 Å². The molecule has 0 nitrogen and oxygen atoms in total. The van der Waals surface area contributed by atoms with Crippen molar-refractivity contribution in [2.75, 3.05) is 0 Å². The van der Waals surface area contributed by atoms with E-state index in [-0.39, 0.29) is 0 Å². The molecule has 2 aromatic rings. The van der Waals surface area contributed by atoms with E-state index in [0.717, 1.165) is 6.42 Å². The first-order valence-electron chi connectivity index (χ1n) is 12.1.